The van der Waals surface area contributed by atoms with Crippen LogP contribution in [0, 0.1) is 5.92 Å². The van der Waals surface area contributed by atoms with Gasteiger partial charge in [0.1, 0.15) is 18.5 Å². The van der Waals surface area contributed by atoms with E-state index in [0.29, 0.717) is 48.8 Å². The fourth-order valence-electron chi connectivity index (χ4n) is 4.74. The van der Waals surface area contributed by atoms with E-state index in [0.717, 1.165) is 17.8 Å². The summed E-state index contributed by atoms with van der Waals surface area (Å²) < 4.78 is 12.3. The molecule has 1 aromatic carbocycles. The lowest BCUT2D eigenvalue weighted by molar-refractivity contribution is -0.134. The Hall–Kier alpha value is -2.91. The van der Waals surface area contributed by atoms with E-state index < -0.39 is 0 Å². The van der Waals surface area contributed by atoms with Crippen LogP contribution in [-0.2, 0) is 20.7 Å². The van der Waals surface area contributed by atoms with Crippen molar-refractivity contribution >= 4 is 34.7 Å². The third-order valence-electron chi connectivity index (χ3n) is 6.91. The van der Waals surface area contributed by atoms with E-state index in [1.807, 2.05) is 17.5 Å². The third kappa shape index (κ3) is 5.85. The van der Waals surface area contributed by atoms with Gasteiger partial charge in [0.25, 0.3) is 5.91 Å². The number of hydrogen-bond acceptors (Lipinski definition) is 6. The molecule has 9 heteroatoms. The molecule has 1 saturated carbocycles. The van der Waals surface area contributed by atoms with Gasteiger partial charge < -0.3 is 25.0 Å². The zero-order chi connectivity index (χ0) is 24.4. The molecule has 5 rings (SSSR count). The van der Waals surface area contributed by atoms with Crippen LogP contribution in [0.5, 0.6) is 5.75 Å². The van der Waals surface area contributed by atoms with Crippen LogP contribution >= 0.6 is 11.3 Å². The summed E-state index contributed by atoms with van der Waals surface area (Å²) in [6.07, 6.45) is 3.99. The molecule has 186 valence electrons. The summed E-state index contributed by atoms with van der Waals surface area (Å²) in [5.41, 5.74) is 0.978. The summed E-state index contributed by atoms with van der Waals surface area (Å²) in [7, 11) is 1.78. The number of nitrogens with one attached hydrogen (secondary N) is 2. The summed E-state index contributed by atoms with van der Waals surface area (Å²) in [5, 5.41) is 7.82. The van der Waals surface area contributed by atoms with E-state index in [1.54, 1.807) is 30.1 Å². The average Bonchev–Trinajstić information content (AvgIpc) is 3.54. The van der Waals surface area contributed by atoms with Gasteiger partial charge in [-0.15, -0.1) is 11.3 Å². The van der Waals surface area contributed by atoms with Crippen LogP contribution in [0.3, 0.4) is 0 Å². The van der Waals surface area contributed by atoms with Gasteiger partial charge >= 0.3 is 0 Å². The van der Waals surface area contributed by atoms with Crippen molar-refractivity contribution in [3.63, 3.8) is 0 Å². The minimum absolute atomic E-state index is 0.0237. The fourth-order valence-corrected chi connectivity index (χ4v) is 5.44. The normalized spacial score (nSPS) is 23.9. The Bertz CT molecular complexity index is 1080. The lowest BCUT2D eigenvalue weighted by Gasteiger charge is -2.42. The molecule has 2 aliphatic heterocycles. The molecule has 2 N–H and O–H groups in total. The van der Waals surface area contributed by atoms with Gasteiger partial charge in [-0.05, 0) is 61.2 Å². The zero-order valence-corrected chi connectivity index (χ0v) is 20.6. The molecule has 35 heavy (non-hydrogen) atoms. The van der Waals surface area contributed by atoms with Crippen molar-refractivity contribution in [2.45, 2.75) is 56.8 Å². The maximum absolute atomic E-state index is 13.4. The van der Waals surface area contributed by atoms with Crippen LogP contribution in [0.15, 0.2) is 35.7 Å². The van der Waals surface area contributed by atoms with Crippen molar-refractivity contribution in [2.75, 3.05) is 25.5 Å². The molecular formula is C26H31N3O5S. The summed E-state index contributed by atoms with van der Waals surface area (Å²) in [6.45, 7) is 1.05. The number of carbonyl (C=O) groups excluding carboxylic acids is 3. The van der Waals surface area contributed by atoms with Gasteiger partial charge in [0.15, 0.2) is 0 Å². The molecule has 3 aliphatic rings. The summed E-state index contributed by atoms with van der Waals surface area (Å²) in [5.74, 6) is 0.824. The first-order valence-corrected chi connectivity index (χ1v) is 13.1. The number of thiophene rings is 1. The van der Waals surface area contributed by atoms with Crippen LogP contribution in [0.1, 0.15) is 47.3 Å². The van der Waals surface area contributed by atoms with Crippen molar-refractivity contribution in [3.8, 4) is 5.75 Å². The molecule has 2 aromatic rings. The fraction of sp³-hybridized carbons (Fsp3) is 0.500. The molecule has 0 radical (unpaired) electrons. The highest BCUT2D eigenvalue weighted by Crippen LogP contribution is 2.33. The number of anilines is 1. The second-order valence-electron chi connectivity index (χ2n) is 9.64. The monoisotopic (exact) mass is 497 g/mol. The van der Waals surface area contributed by atoms with Crippen LogP contribution in [0.2, 0.25) is 0 Å². The summed E-state index contributed by atoms with van der Waals surface area (Å²) in [6, 6.07) is 8.83. The molecule has 2 fully saturated rings. The molecule has 3 amide bonds. The minimum atomic E-state index is -0.308. The SMILES string of the molecule is CN1C(=O)c2cc(NC(=O)Cc3cccs3)ccc2OC[C@H]2O[C@@H](CC(=O)NCC3CC3)CC[C@H]21. The molecule has 1 saturated heterocycles. The van der Waals surface area contributed by atoms with E-state index in [2.05, 4.69) is 10.6 Å². The first-order chi connectivity index (χ1) is 17.0. The van der Waals surface area contributed by atoms with E-state index in [-0.39, 0.29) is 36.0 Å². The number of ether oxygens (including phenoxy) is 2. The van der Waals surface area contributed by atoms with Gasteiger partial charge in [0, 0.05) is 24.2 Å². The predicted octanol–water partition coefficient (Wildman–Crippen LogP) is 3.23. The quantitative estimate of drug-likeness (QED) is 0.612. The average molecular weight is 498 g/mol. The Morgan fingerprint density at radius 1 is 1.14 bits per heavy atom. The van der Waals surface area contributed by atoms with Crippen LogP contribution in [0.25, 0.3) is 0 Å². The molecule has 0 spiro atoms. The maximum atomic E-state index is 13.4. The van der Waals surface area contributed by atoms with Gasteiger partial charge in [0.05, 0.1) is 30.6 Å². The lowest BCUT2D eigenvalue weighted by atomic mass is 9.94. The molecule has 1 aliphatic carbocycles. The first-order valence-electron chi connectivity index (χ1n) is 12.2. The van der Waals surface area contributed by atoms with E-state index in [4.69, 9.17) is 9.47 Å². The highest BCUT2D eigenvalue weighted by atomic mass is 32.1. The van der Waals surface area contributed by atoms with Crippen LogP contribution in [-0.4, -0.2) is 61.1 Å². The Labute approximate surface area is 209 Å². The number of nitrogens with zero attached hydrogens (tertiary/aromatic N) is 1. The Morgan fingerprint density at radius 3 is 2.77 bits per heavy atom. The molecule has 3 heterocycles. The van der Waals surface area contributed by atoms with Crippen molar-refractivity contribution in [1.82, 2.24) is 10.2 Å². The van der Waals surface area contributed by atoms with Crippen LogP contribution in [0.4, 0.5) is 5.69 Å². The van der Waals surface area contributed by atoms with Crippen molar-refractivity contribution in [2.24, 2.45) is 5.92 Å². The molecule has 3 atom stereocenters. The Kier molecular flexibility index (Phi) is 7.06. The van der Waals surface area contributed by atoms with E-state index in [9.17, 15) is 14.4 Å². The van der Waals surface area contributed by atoms with Crippen molar-refractivity contribution in [3.05, 3.63) is 46.2 Å². The Morgan fingerprint density at radius 2 is 2.00 bits per heavy atom. The Balaban J connectivity index is 1.23. The second-order valence-corrected chi connectivity index (χ2v) is 10.7. The highest BCUT2D eigenvalue weighted by molar-refractivity contribution is 7.10. The van der Waals surface area contributed by atoms with Crippen LogP contribution < -0.4 is 15.4 Å². The third-order valence-corrected chi connectivity index (χ3v) is 7.78. The zero-order valence-electron chi connectivity index (χ0n) is 19.8. The van der Waals surface area contributed by atoms with Gasteiger partial charge in [-0.2, -0.15) is 0 Å². The number of rotatable bonds is 7. The summed E-state index contributed by atoms with van der Waals surface area (Å²) in [4.78, 5) is 40.8. The molecule has 0 bridgehead atoms. The minimum Gasteiger partial charge on any atom is -0.490 e. The number of amides is 3. The number of carbonyl (C=O) groups is 3. The first kappa shape index (κ1) is 23.8. The number of hydrogen-bond donors (Lipinski definition) is 2. The molecule has 8 nitrogen and oxygen atoms in total. The standard InChI is InChI=1S/C26H31N3O5S/c1-29-21-8-7-18(12-24(30)27-14-16-4-5-16)34-23(21)15-33-22-9-6-17(11-20(22)26(29)32)28-25(31)13-19-3-2-10-35-19/h2-3,6,9-11,16,18,21,23H,4-5,7-8,12-15H2,1H3,(H,27,30)(H,28,31)/t18-,21-,23-/m1/s1. The summed E-state index contributed by atoms with van der Waals surface area (Å²) >= 11 is 1.53. The smallest absolute Gasteiger partial charge is 0.257 e. The van der Waals surface area contributed by atoms with Crippen molar-refractivity contribution in [1.29, 1.82) is 0 Å². The maximum Gasteiger partial charge on any atom is 0.257 e. The predicted molar refractivity (Wildman–Crippen MR) is 133 cm³/mol. The molecule has 0 unspecified atom stereocenters. The van der Waals surface area contributed by atoms with Gasteiger partial charge in [0.2, 0.25) is 11.8 Å². The van der Waals surface area contributed by atoms with E-state index >= 15 is 0 Å². The van der Waals surface area contributed by atoms with E-state index in [1.165, 1.54) is 24.2 Å². The topological polar surface area (TPSA) is 97.0 Å². The number of fused-ring (bicyclic) bond motifs is 2. The largest absolute Gasteiger partial charge is 0.490 e. The van der Waals surface area contributed by atoms with Gasteiger partial charge in [-0.25, -0.2) is 0 Å². The molecule has 1 aromatic heterocycles. The number of likely N-dealkylation sites (N-methyl/N-ethyl adjacent to an activating group) is 1. The lowest BCUT2D eigenvalue weighted by Crippen LogP contribution is -2.54. The van der Waals surface area contributed by atoms with Gasteiger partial charge in [-0.1, -0.05) is 6.07 Å². The van der Waals surface area contributed by atoms with Crippen molar-refractivity contribution < 1.29 is 23.9 Å². The molecular weight excluding hydrogens is 466 g/mol. The van der Waals surface area contributed by atoms with Gasteiger partial charge in [-0.3, -0.25) is 14.4 Å². The number of benzene rings is 1. The highest BCUT2D eigenvalue weighted by Gasteiger charge is 2.39. The second kappa shape index (κ2) is 10.4.